The van der Waals surface area contributed by atoms with E-state index < -0.39 is 0 Å². The van der Waals surface area contributed by atoms with Gasteiger partial charge >= 0.3 is 6.03 Å². The molecule has 0 atom stereocenters. The molecule has 0 bridgehead atoms. The second kappa shape index (κ2) is 13.3. The second-order valence-corrected chi connectivity index (χ2v) is 9.88. The van der Waals surface area contributed by atoms with E-state index >= 15 is 0 Å². The second-order valence-electron chi connectivity index (χ2n) is 8.93. The summed E-state index contributed by atoms with van der Waals surface area (Å²) in [6, 6.07) is 15.5. The lowest BCUT2D eigenvalue weighted by Gasteiger charge is -2.36. The Kier molecular flexibility index (Phi) is 9.56. The number of ether oxygens (including phenoxy) is 2. The van der Waals surface area contributed by atoms with E-state index in [2.05, 4.69) is 22.1 Å². The number of aryl methyl sites for hydroxylation is 1. The number of piperazine rings is 1. The molecule has 1 aliphatic heterocycles. The van der Waals surface area contributed by atoms with Crippen molar-refractivity contribution in [3.05, 3.63) is 70.2 Å². The molecule has 1 aliphatic rings. The zero-order chi connectivity index (χ0) is 26.9. The molecular weight excluding hydrogens is 502 g/mol. The summed E-state index contributed by atoms with van der Waals surface area (Å²) in [4.78, 5) is 36.6. The van der Waals surface area contributed by atoms with Crippen LogP contribution in [-0.2, 0) is 17.7 Å². The third kappa shape index (κ3) is 6.62. The van der Waals surface area contributed by atoms with Crippen LogP contribution in [0.2, 0.25) is 0 Å². The third-order valence-electron chi connectivity index (χ3n) is 6.58. The summed E-state index contributed by atoms with van der Waals surface area (Å²) in [5, 5.41) is 5.50. The first-order valence-corrected chi connectivity index (χ1v) is 13.7. The fourth-order valence-electron chi connectivity index (χ4n) is 4.45. The van der Waals surface area contributed by atoms with Crippen LogP contribution in [0.25, 0.3) is 0 Å². The Morgan fingerprint density at radius 1 is 1.05 bits per heavy atom. The average Bonchev–Trinajstić information content (AvgIpc) is 3.43. The van der Waals surface area contributed by atoms with Crippen molar-refractivity contribution < 1.29 is 19.1 Å². The average molecular weight is 538 g/mol. The van der Waals surface area contributed by atoms with Crippen LogP contribution in [0.1, 0.15) is 28.0 Å². The van der Waals surface area contributed by atoms with Gasteiger partial charge in [0.2, 0.25) is 0 Å². The SMILES string of the molecule is CCc1ccccc1NC(=O)N(CCOC)Cc1nc(C(=O)N2CCN(c3ccccc3OC)CC2)cs1. The summed E-state index contributed by atoms with van der Waals surface area (Å²) in [6.45, 7) is 5.79. The molecule has 38 heavy (non-hydrogen) atoms. The number of benzene rings is 2. The Labute approximate surface area is 228 Å². The maximum atomic E-state index is 13.2. The number of carbonyl (C=O) groups excluding carboxylic acids is 2. The van der Waals surface area contributed by atoms with E-state index in [0.717, 1.165) is 29.1 Å². The molecule has 3 aromatic rings. The molecule has 0 aliphatic carbocycles. The summed E-state index contributed by atoms with van der Waals surface area (Å²) >= 11 is 1.39. The highest BCUT2D eigenvalue weighted by Gasteiger charge is 2.26. The molecule has 202 valence electrons. The first kappa shape index (κ1) is 27.4. The number of amides is 3. The molecule has 0 unspecified atom stereocenters. The Hall–Kier alpha value is -3.63. The van der Waals surface area contributed by atoms with Crippen molar-refractivity contribution >= 4 is 34.6 Å². The van der Waals surface area contributed by atoms with E-state index in [1.807, 2.05) is 53.4 Å². The van der Waals surface area contributed by atoms with Crippen molar-refractivity contribution in [3.8, 4) is 5.75 Å². The van der Waals surface area contributed by atoms with Crippen molar-refractivity contribution in [2.24, 2.45) is 0 Å². The van der Waals surface area contributed by atoms with Gasteiger partial charge in [-0.2, -0.15) is 0 Å². The Morgan fingerprint density at radius 3 is 2.53 bits per heavy atom. The number of hydrogen-bond donors (Lipinski definition) is 1. The zero-order valence-electron chi connectivity index (χ0n) is 22.2. The highest BCUT2D eigenvalue weighted by molar-refractivity contribution is 7.09. The summed E-state index contributed by atoms with van der Waals surface area (Å²) < 4.78 is 10.7. The molecule has 1 aromatic heterocycles. The quantitative estimate of drug-likeness (QED) is 0.414. The summed E-state index contributed by atoms with van der Waals surface area (Å²) in [7, 11) is 3.28. The van der Waals surface area contributed by atoms with Crippen LogP contribution in [0.5, 0.6) is 5.75 Å². The van der Waals surface area contributed by atoms with Crippen LogP contribution in [-0.4, -0.2) is 80.3 Å². The number of aromatic nitrogens is 1. The van der Waals surface area contributed by atoms with Crippen LogP contribution in [0.4, 0.5) is 16.2 Å². The van der Waals surface area contributed by atoms with Gasteiger partial charge in [0.25, 0.3) is 5.91 Å². The molecular formula is C28H35N5O4S. The van der Waals surface area contributed by atoms with E-state index in [1.165, 1.54) is 11.3 Å². The molecule has 3 amide bonds. The number of nitrogens with one attached hydrogen (secondary N) is 1. The molecule has 10 heteroatoms. The van der Waals surface area contributed by atoms with Crippen molar-refractivity contribution in [1.29, 1.82) is 0 Å². The van der Waals surface area contributed by atoms with Crippen molar-refractivity contribution in [2.45, 2.75) is 19.9 Å². The number of nitrogens with zero attached hydrogens (tertiary/aromatic N) is 4. The lowest BCUT2D eigenvalue weighted by molar-refractivity contribution is 0.0741. The van der Waals surface area contributed by atoms with Gasteiger partial charge in [0.15, 0.2) is 0 Å². The number of para-hydroxylation sites is 3. The van der Waals surface area contributed by atoms with Gasteiger partial charge < -0.3 is 29.5 Å². The maximum Gasteiger partial charge on any atom is 0.322 e. The van der Waals surface area contributed by atoms with Gasteiger partial charge in [0.1, 0.15) is 16.5 Å². The van der Waals surface area contributed by atoms with E-state index in [9.17, 15) is 9.59 Å². The number of carbonyl (C=O) groups is 2. The van der Waals surface area contributed by atoms with Crippen LogP contribution < -0.4 is 15.0 Å². The van der Waals surface area contributed by atoms with Gasteiger partial charge in [-0.15, -0.1) is 11.3 Å². The minimum atomic E-state index is -0.224. The predicted molar refractivity (Wildman–Crippen MR) is 150 cm³/mol. The van der Waals surface area contributed by atoms with Crippen LogP contribution in [0, 0.1) is 0 Å². The van der Waals surface area contributed by atoms with E-state index in [-0.39, 0.29) is 11.9 Å². The van der Waals surface area contributed by atoms with Gasteiger partial charge in [-0.25, -0.2) is 9.78 Å². The number of thiazole rings is 1. The van der Waals surface area contributed by atoms with Crippen LogP contribution >= 0.6 is 11.3 Å². The summed E-state index contributed by atoms with van der Waals surface area (Å²) in [5.74, 6) is 0.744. The fraction of sp³-hybridized carbons (Fsp3) is 0.393. The van der Waals surface area contributed by atoms with Gasteiger partial charge in [0.05, 0.1) is 25.9 Å². The lowest BCUT2D eigenvalue weighted by atomic mass is 10.1. The molecule has 1 saturated heterocycles. The highest BCUT2D eigenvalue weighted by atomic mass is 32.1. The Balaban J connectivity index is 1.37. The molecule has 1 fully saturated rings. The van der Waals surface area contributed by atoms with E-state index in [0.29, 0.717) is 56.6 Å². The maximum absolute atomic E-state index is 13.2. The molecule has 0 radical (unpaired) electrons. The van der Waals surface area contributed by atoms with Gasteiger partial charge in [-0.05, 0) is 30.2 Å². The number of anilines is 2. The Bertz CT molecular complexity index is 1230. The smallest absolute Gasteiger partial charge is 0.322 e. The topological polar surface area (TPSA) is 87.2 Å². The first-order chi connectivity index (χ1) is 18.5. The monoisotopic (exact) mass is 537 g/mol. The van der Waals surface area contributed by atoms with E-state index in [1.54, 1.807) is 24.5 Å². The molecule has 9 nitrogen and oxygen atoms in total. The number of urea groups is 1. The lowest BCUT2D eigenvalue weighted by Crippen LogP contribution is -2.49. The molecule has 1 N–H and O–H groups in total. The number of hydrogen-bond acceptors (Lipinski definition) is 7. The molecule has 2 heterocycles. The Morgan fingerprint density at radius 2 is 1.79 bits per heavy atom. The van der Waals surface area contributed by atoms with Crippen LogP contribution in [0.15, 0.2) is 53.9 Å². The van der Waals surface area contributed by atoms with Crippen molar-refractivity contribution in [3.63, 3.8) is 0 Å². The summed E-state index contributed by atoms with van der Waals surface area (Å²) in [6.07, 6.45) is 0.819. The fourth-order valence-corrected chi connectivity index (χ4v) is 5.23. The first-order valence-electron chi connectivity index (χ1n) is 12.8. The molecule has 2 aromatic carbocycles. The highest BCUT2D eigenvalue weighted by Crippen LogP contribution is 2.28. The minimum absolute atomic E-state index is 0.0862. The van der Waals surface area contributed by atoms with Crippen LogP contribution in [0.3, 0.4) is 0 Å². The van der Waals surface area contributed by atoms with Gasteiger partial charge in [-0.1, -0.05) is 37.3 Å². The number of methoxy groups -OCH3 is 2. The van der Waals surface area contributed by atoms with Gasteiger partial charge in [0, 0.05) is 50.9 Å². The molecule has 0 spiro atoms. The van der Waals surface area contributed by atoms with E-state index in [4.69, 9.17) is 9.47 Å². The number of rotatable bonds is 10. The zero-order valence-corrected chi connectivity index (χ0v) is 23.0. The minimum Gasteiger partial charge on any atom is -0.495 e. The predicted octanol–water partition coefficient (Wildman–Crippen LogP) is 4.36. The largest absolute Gasteiger partial charge is 0.495 e. The normalized spacial score (nSPS) is 13.3. The van der Waals surface area contributed by atoms with Crippen molar-refractivity contribution in [2.75, 3.05) is 63.8 Å². The molecule has 4 rings (SSSR count). The van der Waals surface area contributed by atoms with Crippen molar-refractivity contribution in [1.82, 2.24) is 14.8 Å². The molecule has 0 saturated carbocycles. The van der Waals surface area contributed by atoms with Gasteiger partial charge in [-0.3, -0.25) is 4.79 Å². The summed E-state index contributed by atoms with van der Waals surface area (Å²) in [5.41, 5.74) is 3.32. The third-order valence-corrected chi connectivity index (χ3v) is 7.42. The standard InChI is InChI=1S/C28H35N5O4S/c1-4-21-9-5-6-10-22(21)30-28(35)33(17-18-36-2)19-26-29-23(20-38-26)27(34)32-15-13-31(14-16-32)24-11-7-8-12-25(24)37-3/h5-12,20H,4,13-19H2,1-3H3,(H,30,35).